The molecule has 2 N–H and O–H groups in total. The van der Waals surface area contributed by atoms with Gasteiger partial charge in [0.25, 0.3) is 11.8 Å². The topological polar surface area (TPSA) is 156 Å². The van der Waals surface area contributed by atoms with Crippen molar-refractivity contribution in [2.24, 2.45) is 0 Å². The summed E-state index contributed by atoms with van der Waals surface area (Å²) >= 11 is 0. The van der Waals surface area contributed by atoms with E-state index in [1.54, 1.807) is 48.8 Å². The average molecular weight is 1010 g/mol. The zero-order chi connectivity index (χ0) is 51.5. The van der Waals surface area contributed by atoms with E-state index in [2.05, 4.69) is 51.3 Å². The highest BCUT2D eigenvalue weighted by Gasteiger charge is 2.56. The molecule has 6 aromatic rings. The predicted molar refractivity (Wildman–Crippen MR) is 286 cm³/mol. The van der Waals surface area contributed by atoms with Crippen molar-refractivity contribution in [3.8, 4) is 11.3 Å². The SMILES string of the molecule is CC(C)n1cnc2cc(-c3ccc4c(c3)N(C3CC(N5CCCCC5)C3)C(=O)C43CCN(C(=O)c4ccc(C(=O)N5CCN(c6ccc([C@H]7CCC(=O)NC7=O)cc6)CC5)cc4)CC3)nc(Nc3ccccc3F)c21. The summed E-state index contributed by atoms with van der Waals surface area (Å²) in [5, 5.41) is 5.71. The van der Waals surface area contributed by atoms with Gasteiger partial charge in [0.05, 0.1) is 34.6 Å². The molecule has 12 rings (SSSR count). The van der Waals surface area contributed by atoms with Crippen LogP contribution < -0.4 is 20.4 Å². The molecule has 386 valence electrons. The van der Waals surface area contributed by atoms with Gasteiger partial charge in [0.15, 0.2) is 5.82 Å². The van der Waals surface area contributed by atoms with Crippen molar-refractivity contribution in [1.82, 2.24) is 34.6 Å². The molecule has 5 amide bonds. The van der Waals surface area contributed by atoms with Crippen LogP contribution in [0.4, 0.5) is 27.3 Å². The molecule has 7 heterocycles. The van der Waals surface area contributed by atoms with Crippen LogP contribution in [0.5, 0.6) is 0 Å². The zero-order valence-electron chi connectivity index (χ0n) is 42.6. The summed E-state index contributed by atoms with van der Waals surface area (Å²) in [6.07, 6.45) is 9.15. The minimum atomic E-state index is -0.786. The smallest absolute Gasteiger partial charge is 0.253 e. The van der Waals surface area contributed by atoms with Crippen molar-refractivity contribution in [3.05, 3.63) is 131 Å². The summed E-state index contributed by atoms with van der Waals surface area (Å²) in [6, 6.07) is 30.3. The number of piperazine rings is 1. The summed E-state index contributed by atoms with van der Waals surface area (Å²) in [5.41, 5.74) is 7.35. The van der Waals surface area contributed by atoms with E-state index in [4.69, 9.17) is 9.97 Å². The number of fused-ring (bicyclic) bond motifs is 3. The molecule has 2 aromatic heterocycles. The number of amides is 5. The second-order valence-corrected chi connectivity index (χ2v) is 21.7. The van der Waals surface area contributed by atoms with Gasteiger partial charge in [-0.2, -0.15) is 0 Å². The van der Waals surface area contributed by atoms with E-state index in [1.165, 1.54) is 25.3 Å². The van der Waals surface area contributed by atoms with E-state index in [-0.39, 0.29) is 53.4 Å². The van der Waals surface area contributed by atoms with Crippen LogP contribution in [0.1, 0.15) is 115 Å². The van der Waals surface area contributed by atoms with Crippen LogP contribution in [0, 0.1) is 5.82 Å². The number of para-hydroxylation sites is 1. The number of hydrogen-bond acceptors (Lipinski definition) is 10. The Kier molecular flexibility index (Phi) is 12.7. The number of imidazole rings is 1. The second-order valence-electron chi connectivity index (χ2n) is 21.7. The molecule has 1 atom stereocenters. The fourth-order valence-electron chi connectivity index (χ4n) is 12.6. The molecule has 5 fully saturated rings. The van der Waals surface area contributed by atoms with Gasteiger partial charge in [-0.3, -0.25) is 29.3 Å². The van der Waals surface area contributed by atoms with Gasteiger partial charge in [0.2, 0.25) is 17.7 Å². The molecular formula is C59H63FN10O5. The highest BCUT2D eigenvalue weighted by molar-refractivity contribution is 6.10. The molecule has 5 aliphatic heterocycles. The Morgan fingerprint density at radius 3 is 2.11 bits per heavy atom. The number of nitrogens with zero attached hydrogens (tertiary/aromatic N) is 8. The molecule has 1 aliphatic carbocycles. The summed E-state index contributed by atoms with van der Waals surface area (Å²) in [5.74, 6) is -0.799. The lowest BCUT2D eigenvalue weighted by Gasteiger charge is -2.48. The molecule has 1 spiro atoms. The van der Waals surface area contributed by atoms with Crippen LogP contribution >= 0.6 is 0 Å². The third kappa shape index (κ3) is 8.89. The number of carbonyl (C=O) groups excluding carboxylic acids is 5. The van der Waals surface area contributed by atoms with Gasteiger partial charge in [0.1, 0.15) is 11.3 Å². The number of imide groups is 1. The average Bonchev–Trinajstić information content (AvgIpc) is 3.96. The molecule has 0 radical (unpaired) electrons. The van der Waals surface area contributed by atoms with Gasteiger partial charge in [-0.25, -0.2) is 14.4 Å². The van der Waals surface area contributed by atoms with E-state index >= 15 is 9.18 Å². The number of rotatable bonds is 10. The molecular weight excluding hydrogens is 948 g/mol. The Morgan fingerprint density at radius 2 is 1.44 bits per heavy atom. The highest BCUT2D eigenvalue weighted by Crippen LogP contribution is 2.52. The van der Waals surface area contributed by atoms with E-state index in [1.807, 2.05) is 50.8 Å². The maximum atomic E-state index is 15.3. The molecule has 16 heteroatoms. The third-order valence-corrected chi connectivity index (χ3v) is 17.0. The number of likely N-dealkylation sites (tertiary alicyclic amines) is 2. The molecule has 4 saturated heterocycles. The largest absolute Gasteiger partial charge is 0.368 e. The minimum absolute atomic E-state index is 0.0592. The van der Waals surface area contributed by atoms with Gasteiger partial charge in [0, 0.05) is 91.9 Å². The fourth-order valence-corrected chi connectivity index (χ4v) is 12.6. The monoisotopic (exact) mass is 1010 g/mol. The zero-order valence-corrected chi connectivity index (χ0v) is 42.6. The Morgan fingerprint density at radius 1 is 0.760 bits per heavy atom. The van der Waals surface area contributed by atoms with Crippen LogP contribution in [0.2, 0.25) is 0 Å². The van der Waals surface area contributed by atoms with Crippen LogP contribution in [0.15, 0.2) is 103 Å². The summed E-state index contributed by atoms with van der Waals surface area (Å²) in [7, 11) is 0. The number of hydrogen-bond donors (Lipinski definition) is 2. The van der Waals surface area contributed by atoms with Gasteiger partial charge in [-0.05, 0) is 144 Å². The Labute approximate surface area is 436 Å². The lowest BCUT2D eigenvalue weighted by Crippen LogP contribution is -2.58. The van der Waals surface area contributed by atoms with Crippen LogP contribution in [0.3, 0.4) is 0 Å². The van der Waals surface area contributed by atoms with Gasteiger partial charge >= 0.3 is 0 Å². The number of benzene rings is 4. The van der Waals surface area contributed by atoms with Gasteiger partial charge < -0.3 is 34.4 Å². The van der Waals surface area contributed by atoms with E-state index in [9.17, 15) is 19.2 Å². The van der Waals surface area contributed by atoms with Crippen molar-refractivity contribution in [1.29, 1.82) is 0 Å². The highest BCUT2D eigenvalue weighted by atomic mass is 19.1. The van der Waals surface area contributed by atoms with E-state index in [0.29, 0.717) is 99.3 Å². The molecule has 0 unspecified atom stereocenters. The van der Waals surface area contributed by atoms with E-state index in [0.717, 1.165) is 65.0 Å². The van der Waals surface area contributed by atoms with Crippen molar-refractivity contribution in [2.45, 2.75) is 101 Å². The van der Waals surface area contributed by atoms with Crippen LogP contribution in [-0.2, 0) is 19.8 Å². The number of pyridine rings is 1. The number of halogens is 1. The standard InChI is InChI=1S/C59H63FN10O5/c1-37(2)69-36-61-50-35-49(63-54(53(50)69)62-48-9-5-4-8-47(48)60)41-16-20-46-51(32-41)70(44-33-43(34-44)65-24-6-3-7-25-65)58(75)59(46)22-26-67(27-23-59)56(73)39-10-12-40(13-11-39)57(74)68-30-28-66(29-31-68)42-17-14-38(15-18-42)45-19-21-52(71)64-55(45)72/h4-5,8-18,20,32,35-37,43-45H,3,6-7,19,21-31,33-34H2,1-2H3,(H,62,63)(H,64,71,72)/t43?,44?,45-/m1/s1. The number of anilines is 4. The lowest BCUT2D eigenvalue weighted by atomic mass is 9.73. The second kappa shape index (κ2) is 19.7. The Hall–Kier alpha value is -7.46. The molecule has 0 bridgehead atoms. The summed E-state index contributed by atoms with van der Waals surface area (Å²) < 4.78 is 17.1. The van der Waals surface area contributed by atoms with Crippen molar-refractivity contribution in [2.75, 3.05) is 67.5 Å². The first kappa shape index (κ1) is 48.5. The number of nitrogens with one attached hydrogen (secondary N) is 2. The maximum Gasteiger partial charge on any atom is 0.253 e. The third-order valence-electron chi connectivity index (χ3n) is 17.0. The quantitative estimate of drug-likeness (QED) is 0.128. The minimum Gasteiger partial charge on any atom is -0.368 e. The van der Waals surface area contributed by atoms with E-state index < -0.39 is 5.41 Å². The first-order valence-electron chi connectivity index (χ1n) is 26.9. The Bertz CT molecular complexity index is 3200. The fraction of sp³-hybridized carbons (Fsp3) is 0.407. The maximum absolute atomic E-state index is 15.3. The Balaban J connectivity index is 0.742. The molecule has 75 heavy (non-hydrogen) atoms. The normalized spacial score (nSPS) is 21.9. The number of aromatic nitrogens is 3. The first-order valence-corrected chi connectivity index (χ1v) is 26.9. The van der Waals surface area contributed by atoms with Crippen LogP contribution in [-0.4, -0.2) is 123 Å². The molecule has 15 nitrogen and oxygen atoms in total. The van der Waals surface area contributed by atoms with Crippen molar-refractivity contribution < 1.29 is 28.4 Å². The van der Waals surface area contributed by atoms with Crippen LogP contribution in [0.25, 0.3) is 22.3 Å². The first-order chi connectivity index (χ1) is 36.4. The molecule has 4 aromatic carbocycles. The van der Waals surface area contributed by atoms with Crippen molar-refractivity contribution in [3.63, 3.8) is 0 Å². The van der Waals surface area contributed by atoms with Crippen molar-refractivity contribution >= 4 is 63.4 Å². The molecule has 1 saturated carbocycles. The predicted octanol–water partition coefficient (Wildman–Crippen LogP) is 8.58. The number of carbonyl (C=O) groups is 5. The summed E-state index contributed by atoms with van der Waals surface area (Å²) in [6.45, 7) is 9.56. The number of piperidine rings is 3. The van der Waals surface area contributed by atoms with Gasteiger partial charge in [-0.1, -0.05) is 42.8 Å². The molecule has 6 aliphatic rings. The lowest BCUT2D eigenvalue weighted by molar-refractivity contribution is -0.134. The summed E-state index contributed by atoms with van der Waals surface area (Å²) in [4.78, 5) is 87.7. The van der Waals surface area contributed by atoms with Gasteiger partial charge in [-0.15, -0.1) is 0 Å².